The van der Waals surface area contributed by atoms with Crippen molar-refractivity contribution in [1.29, 1.82) is 0 Å². The van der Waals surface area contributed by atoms with Crippen molar-refractivity contribution < 1.29 is 4.92 Å². The third-order valence-corrected chi connectivity index (χ3v) is 3.21. The summed E-state index contributed by atoms with van der Waals surface area (Å²) < 4.78 is 0. The Balaban J connectivity index is 0.00000361. The smallest absolute Gasteiger partial charge is 0.287 e. The summed E-state index contributed by atoms with van der Waals surface area (Å²) in [5.74, 6) is 0. The minimum absolute atomic E-state index is 0. The fraction of sp³-hybridized carbons (Fsp3) is 0.538. The molecule has 7 heteroatoms. The first-order valence-electron chi connectivity index (χ1n) is 6.06. The Morgan fingerprint density at radius 1 is 1.45 bits per heavy atom. The number of nitro benzene ring substituents is 1. The van der Waals surface area contributed by atoms with Crippen molar-refractivity contribution in [2.45, 2.75) is 20.4 Å². The van der Waals surface area contributed by atoms with Gasteiger partial charge in [-0.1, -0.05) is 31.5 Å². The normalized spacial score (nSPS) is 11.3. The first-order chi connectivity index (χ1) is 8.75. The minimum Gasteiger partial charge on any atom is -0.330 e. The van der Waals surface area contributed by atoms with E-state index in [0.29, 0.717) is 13.1 Å². The molecular formula is C13H21Cl2N3O2. The number of halogens is 2. The van der Waals surface area contributed by atoms with E-state index in [1.54, 1.807) is 12.1 Å². The van der Waals surface area contributed by atoms with Gasteiger partial charge in [-0.05, 0) is 30.6 Å². The lowest BCUT2D eigenvalue weighted by Crippen LogP contribution is -2.36. The van der Waals surface area contributed by atoms with E-state index in [1.807, 2.05) is 7.05 Å². The lowest BCUT2D eigenvalue weighted by atomic mass is 9.93. The van der Waals surface area contributed by atoms with Gasteiger partial charge in [-0.3, -0.25) is 10.1 Å². The molecule has 0 heterocycles. The Morgan fingerprint density at radius 3 is 2.50 bits per heavy atom. The van der Waals surface area contributed by atoms with Crippen molar-refractivity contribution in [2.75, 3.05) is 20.1 Å². The summed E-state index contributed by atoms with van der Waals surface area (Å²) in [6.07, 6.45) is 0. The topological polar surface area (TPSA) is 72.4 Å². The number of benzene rings is 1. The minimum atomic E-state index is -0.479. The molecule has 0 radical (unpaired) electrons. The first-order valence-corrected chi connectivity index (χ1v) is 6.44. The molecule has 0 unspecified atom stereocenters. The summed E-state index contributed by atoms with van der Waals surface area (Å²) in [5, 5.41) is 10.9. The number of hydrogen-bond donors (Lipinski definition) is 1. The maximum absolute atomic E-state index is 10.7. The molecule has 0 aliphatic heterocycles. The Bertz CT molecular complexity index is 467. The van der Waals surface area contributed by atoms with Gasteiger partial charge >= 0.3 is 0 Å². The van der Waals surface area contributed by atoms with E-state index >= 15 is 0 Å². The second kappa shape index (κ2) is 7.78. The van der Waals surface area contributed by atoms with Crippen molar-refractivity contribution in [3.63, 3.8) is 0 Å². The molecular weight excluding hydrogens is 301 g/mol. The zero-order chi connectivity index (χ0) is 14.6. The van der Waals surface area contributed by atoms with Crippen molar-refractivity contribution in [3.05, 3.63) is 38.9 Å². The third-order valence-electron chi connectivity index (χ3n) is 2.91. The van der Waals surface area contributed by atoms with Crippen LogP contribution in [-0.2, 0) is 6.54 Å². The average molecular weight is 322 g/mol. The monoisotopic (exact) mass is 321 g/mol. The zero-order valence-corrected chi connectivity index (χ0v) is 13.5. The second-order valence-corrected chi connectivity index (χ2v) is 5.99. The van der Waals surface area contributed by atoms with Crippen molar-refractivity contribution >= 4 is 29.7 Å². The summed E-state index contributed by atoms with van der Waals surface area (Å²) in [7, 11) is 1.99. The van der Waals surface area contributed by atoms with Crippen LogP contribution in [0, 0.1) is 15.5 Å². The highest BCUT2D eigenvalue weighted by molar-refractivity contribution is 6.32. The zero-order valence-electron chi connectivity index (χ0n) is 11.9. The lowest BCUT2D eigenvalue weighted by Gasteiger charge is -2.29. The van der Waals surface area contributed by atoms with Crippen LogP contribution in [0.5, 0.6) is 0 Å². The molecule has 5 nitrogen and oxygen atoms in total. The van der Waals surface area contributed by atoms with E-state index in [9.17, 15) is 10.1 Å². The lowest BCUT2D eigenvalue weighted by molar-refractivity contribution is -0.384. The van der Waals surface area contributed by atoms with Gasteiger partial charge in [0.05, 0.1) is 4.92 Å². The van der Waals surface area contributed by atoms with Gasteiger partial charge in [0.15, 0.2) is 0 Å². The Hall–Kier alpha value is -0.880. The highest BCUT2D eigenvalue weighted by Crippen LogP contribution is 2.25. The van der Waals surface area contributed by atoms with Gasteiger partial charge in [-0.2, -0.15) is 0 Å². The molecule has 2 N–H and O–H groups in total. The number of nitro groups is 1. The van der Waals surface area contributed by atoms with E-state index in [-0.39, 0.29) is 28.5 Å². The maximum Gasteiger partial charge on any atom is 0.287 e. The predicted octanol–water partition coefficient (Wildman–Crippen LogP) is 3.09. The summed E-state index contributed by atoms with van der Waals surface area (Å²) in [6.45, 7) is 6.34. The summed E-state index contributed by atoms with van der Waals surface area (Å²) in [6, 6.07) is 4.82. The van der Waals surface area contributed by atoms with E-state index < -0.39 is 4.92 Å². The molecule has 0 aliphatic rings. The molecule has 0 spiro atoms. The summed E-state index contributed by atoms with van der Waals surface area (Å²) in [4.78, 5) is 12.3. The van der Waals surface area contributed by atoms with E-state index in [1.165, 1.54) is 6.07 Å². The van der Waals surface area contributed by atoms with Crippen LogP contribution in [0.1, 0.15) is 19.4 Å². The molecule has 114 valence electrons. The van der Waals surface area contributed by atoms with Crippen LogP contribution in [0.3, 0.4) is 0 Å². The van der Waals surface area contributed by atoms with Gasteiger partial charge < -0.3 is 10.6 Å². The molecule has 1 aromatic rings. The van der Waals surface area contributed by atoms with Crippen LogP contribution in [0.25, 0.3) is 0 Å². The Kier molecular flexibility index (Phi) is 7.44. The van der Waals surface area contributed by atoms with Crippen molar-refractivity contribution in [1.82, 2.24) is 4.90 Å². The molecule has 0 fully saturated rings. The van der Waals surface area contributed by atoms with Crippen LogP contribution >= 0.6 is 24.0 Å². The highest BCUT2D eigenvalue weighted by Gasteiger charge is 2.19. The van der Waals surface area contributed by atoms with Gasteiger partial charge in [-0.15, -0.1) is 12.4 Å². The van der Waals surface area contributed by atoms with Gasteiger partial charge in [0.1, 0.15) is 5.02 Å². The van der Waals surface area contributed by atoms with Gasteiger partial charge in [0, 0.05) is 19.2 Å². The SMILES string of the molecule is CN(Cc1ccc([N+](=O)[O-])c(Cl)c1)CC(C)(C)CN.Cl. The number of hydrogen-bond acceptors (Lipinski definition) is 4. The molecule has 0 saturated carbocycles. The first kappa shape index (κ1) is 19.1. The van der Waals surface area contributed by atoms with E-state index in [2.05, 4.69) is 18.7 Å². The number of nitrogens with zero attached hydrogens (tertiary/aromatic N) is 2. The predicted molar refractivity (Wildman–Crippen MR) is 84.5 cm³/mol. The largest absolute Gasteiger partial charge is 0.330 e. The summed E-state index contributed by atoms with van der Waals surface area (Å²) >= 11 is 5.89. The van der Waals surface area contributed by atoms with Gasteiger partial charge in [0.25, 0.3) is 5.69 Å². The molecule has 0 saturated heterocycles. The molecule has 0 amide bonds. The van der Waals surface area contributed by atoms with E-state index in [4.69, 9.17) is 17.3 Å². The molecule has 0 aliphatic carbocycles. The van der Waals surface area contributed by atoms with Crippen LogP contribution in [0.2, 0.25) is 5.02 Å². The number of nitrogens with two attached hydrogens (primary N) is 1. The third kappa shape index (κ3) is 5.63. The summed E-state index contributed by atoms with van der Waals surface area (Å²) in [5.41, 5.74) is 6.63. The fourth-order valence-corrected chi connectivity index (χ4v) is 2.23. The highest BCUT2D eigenvalue weighted by atomic mass is 35.5. The van der Waals surface area contributed by atoms with Crippen LogP contribution in [-0.4, -0.2) is 30.0 Å². The Morgan fingerprint density at radius 2 is 2.05 bits per heavy atom. The van der Waals surface area contributed by atoms with Crippen molar-refractivity contribution in [3.8, 4) is 0 Å². The molecule has 0 atom stereocenters. The van der Waals surface area contributed by atoms with Crippen molar-refractivity contribution in [2.24, 2.45) is 11.1 Å². The number of rotatable bonds is 6. The van der Waals surface area contributed by atoms with Gasteiger partial charge in [0.2, 0.25) is 0 Å². The molecule has 1 aromatic carbocycles. The molecule has 0 aromatic heterocycles. The Labute approximate surface area is 130 Å². The van der Waals surface area contributed by atoms with Gasteiger partial charge in [-0.25, -0.2) is 0 Å². The molecule has 1 rings (SSSR count). The quantitative estimate of drug-likeness (QED) is 0.645. The van der Waals surface area contributed by atoms with Crippen LogP contribution < -0.4 is 5.73 Å². The standard InChI is InChI=1S/C13H20ClN3O2.ClH/c1-13(2,8-15)9-16(3)7-10-4-5-12(17(18)19)11(14)6-10;/h4-6H,7-9,15H2,1-3H3;1H. The molecule has 20 heavy (non-hydrogen) atoms. The average Bonchev–Trinajstić information content (AvgIpc) is 2.27. The van der Waals surface area contributed by atoms with Crippen LogP contribution in [0.15, 0.2) is 18.2 Å². The second-order valence-electron chi connectivity index (χ2n) is 5.58. The van der Waals surface area contributed by atoms with Crippen LogP contribution in [0.4, 0.5) is 5.69 Å². The fourth-order valence-electron chi connectivity index (χ4n) is 1.96. The molecule has 0 bridgehead atoms. The van der Waals surface area contributed by atoms with E-state index in [0.717, 1.165) is 12.1 Å². The maximum atomic E-state index is 10.7.